The summed E-state index contributed by atoms with van der Waals surface area (Å²) >= 11 is 6.09. The Kier molecular flexibility index (Phi) is 7.00. The molecule has 1 heterocycles. The highest BCUT2D eigenvalue weighted by molar-refractivity contribution is 6.33. The number of anilines is 1. The first-order valence-electron chi connectivity index (χ1n) is 9.03. The standard InChI is InChI=1S/C20H20ClF2N3O3/c21-17-4-2-1-3-16(17)19(28)26-11-9-25(10-12-26)13-18(27)24-14-5-7-15(8-6-14)29-20(22)23/h1-8,20H,9-13H2,(H,24,27). The average molecular weight is 424 g/mol. The summed E-state index contributed by atoms with van der Waals surface area (Å²) < 4.78 is 28.6. The van der Waals surface area contributed by atoms with Crippen LogP contribution < -0.4 is 10.1 Å². The van der Waals surface area contributed by atoms with E-state index >= 15 is 0 Å². The lowest BCUT2D eigenvalue weighted by Crippen LogP contribution is -2.50. The van der Waals surface area contributed by atoms with Crippen molar-refractivity contribution in [3.05, 3.63) is 59.1 Å². The molecule has 1 aliphatic rings. The maximum absolute atomic E-state index is 12.6. The number of piperazine rings is 1. The fourth-order valence-corrected chi connectivity index (χ4v) is 3.25. The molecule has 0 aromatic heterocycles. The van der Waals surface area contributed by atoms with Gasteiger partial charge < -0.3 is 15.0 Å². The van der Waals surface area contributed by atoms with Crippen molar-refractivity contribution in [2.45, 2.75) is 6.61 Å². The third-order valence-corrected chi connectivity index (χ3v) is 4.82. The minimum absolute atomic E-state index is 0.0253. The predicted octanol–water partition coefficient (Wildman–Crippen LogP) is 3.34. The van der Waals surface area contributed by atoms with E-state index in [2.05, 4.69) is 10.1 Å². The summed E-state index contributed by atoms with van der Waals surface area (Å²) in [6, 6.07) is 12.6. The summed E-state index contributed by atoms with van der Waals surface area (Å²) in [5.74, 6) is -0.318. The number of hydrogen-bond acceptors (Lipinski definition) is 4. The van der Waals surface area contributed by atoms with Crippen molar-refractivity contribution in [2.75, 3.05) is 38.0 Å². The summed E-state index contributed by atoms with van der Waals surface area (Å²) in [5.41, 5.74) is 0.962. The molecule has 154 valence electrons. The number of carbonyl (C=O) groups is 2. The van der Waals surface area contributed by atoms with Gasteiger partial charge in [-0.05, 0) is 36.4 Å². The second-order valence-corrected chi connectivity index (χ2v) is 6.91. The molecule has 2 aromatic rings. The van der Waals surface area contributed by atoms with Gasteiger partial charge in [0.1, 0.15) is 5.75 Å². The number of amides is 2. The SMILES string of the molecule is O=C(CN1CCN(C(=O)c2ccccc2Cl)CC1)Nc1ccc(OC(F)F)cc1. The Labute approximate surface area is 172 Å². The van der Waals surface area contributed by atoms with Gasteiger partial charge in [0.05, 0.1) is 17.1 Å². The number of rotatable bonds is 6. The van der Waals surface area contributed by atoms with E-state index in [0.29, 0.717) is 42.5 Å². The fourth-order valence-electron chi connectivity index (χ4n) is 3.04. The second-order valence-electron chi connectivity index (χ2n) is 6.50. The topological polar surface area (TPSA) is 61.9 Å². The van der Waals surface area contributed by atoms with Gasteiger partial charge in [0.25, 0.3) is 5.91 Å². The average Bonchev–Trinajstić information content (AvgIpc) is 2.69. The summed E-state index contributed by atoms with van der Waals surface area (Å²) in [4.78, 5) is 28.5. The van der Waals surface area contributed by atoms with Crippen LogP contribution in [0, 0.1) is 0 Å². The van der Waals surface area contributed by atoms with Gasteiger partial charge in [-0.25, -0.2) is 0 Å². The number of ether oxygens (including phenoxy) is 1. The molecule has 1 N–H and O–H groups in total. The number of halogens is 3. The molecule has 0 atom stereocenters. The third-order valence-electron chi connectivity index (χ3n) is 4.49. The van der Waals surface area contributed by atoms with Gasteiger partial charge in [-0.15, -0.1) is 0 Å². The van der Waals surface area contributed by atoms with Crippen molar-refractivity contribution in [1.82, 2.24) is 9.80 Å². The number of nitrogens with zero attached hydrogens (tertiary/aromatic N) is 2. The molecule has 6 nitrogen and oxygen atoms in total. The van der Waals surface area contributed by atoms with Gasteiger partial charge >= 0.3 is 6.61 Å². The van der Waals surface area contributed by atoms with E-state index < -0.39 is 6.61 Å². The number of nitrogens with one attached hydrogen (secondary N) is 1. The molecule has 9 heteroatoms. The number of carbonyl (C=O) groups excluding carboxylic acids is 2. The molecule has 0 radical (unpaired) electrons. The molecule has 0 saturated carbocycles. The Balaban J connectivity index is 1.46. The van der Waals surface area contributed by atoms with E-state index in [9.17, 15) is 18.4 Å². The minimum atomic E-state index is -2.89. The molecule has 1 saturated heterocycles. The van der Waals surface area contributed by atoms with Crippen molar-refractivity contribution >= 4 is 29.1 Å². The third kappa shape index (κ3) is 5.88. The zero-order valence-corrected chi connectivity index (χ0v) is 16.2. The van der Waals surface area contributed by atoms with Crippen LogP contribution in [0.3, 0.4) is 0 Å². The van der Waals surface area contributed by atoms with Gasteiger partial charge in [0, 0.05) is 31.9 Å². The number of alkyl halides is 2. The first-order chi connectivity index (χ1) is 13.9. The number of benzene rings is 2. The van der Waals surface area contributed by atoms with Gasteiger partial charge in [-0.2, -0.15) is 8.78 Å². The van der Waals surface area contributed by atoms with E-state index in [-0.39, 0.29) is 24.1 Å². The van der Waals surface area contributed by atoms with Crippen molar-refractivity contribution in [1.29, 1.82) is 0 Å². The zero-order chi connectivity index (χ0) is 20.8. The van der Waals surface area contributed by atoms with Crippen LogP contribution in [-0.4, -0.2) is 60.9 Å². The van der Waals surface area contributed by atoms with Crippen LogP contribution in [0.1, 0.15) is 10.4 Å². The zero-order valence-electron chi connectivity index (χ0n) is 15.5. The van der Waals surface area contributed by atoms with E-state index in [1.54, 1.807) is 29.2 Å². The van der Waals surface area contributed by atoms with Crippen LogP contribution in [-0.2, 0) is 4.79 Å². The first-order valence-corrected chi connectivity index (χ1v) is 9.41. The van der Waals surface area contributed by atoms with Crippen LogP contribution in [0.2, 0.25) is 5.02 Å². The summed E-state index contributed by atoms with van der Waals surface area (Å²) in [6.07, 6.45) is 0. The molecule has 0 unspecified atom stereocenters. The lowest BCUT2D eigenvalue weighted by Gasteiger charge is -2.34. The molecular formula is C20H20ClF2N3O3. The number of hydrogen-bond donors (Lipinski definition) is 1. The van der Waals surface area contributed by atoms with Crippen molar-refractivity contribution in [2.24, 2.45) is 0 Å². The van der Waals surface area contributed by atoms with Gasteiger partial charge in [0.2, 0.25) is 5.91 Å². The molecule has 1 aliphatic heterocycles. The van der Waals surface area contributed by atoms with Crippen LogP contribution in [0.4, 0.5) is 14.5 Å². The van der Waals surface area contributed by atoms with Gasteiger partial charge in [-0.1, -0.05) is 23.7 Å². The first kappa shape index (κ1) is 21.0. The molecule has 2 amide bonds. The van der Waals surface area contributed by atoms with Crippen LogP contribution in [0.15, 0.2) is 48.5 Å². The Morgan fingerprint density at radius 2 is 1.69 bits per heavy atom. The maximum Gasteiger partial charge on any atom is 0.387 e. The Hall–Kier alpha value is -2.71. The van der Waals surface area contributed by atoms with E-state index in [4.69, 9.17) is 11.6 Å². The minimum Gasteiger partial charge on any atom is -0.435 e. The smallest absolute Gasteiger partial charge is 0.387 e. The molecule has 29 heavy (non-hydrogen) atoms. The fraction of sp³-hybridized carbons (Fsp3) is 0.300. The van der Waals surface area contributed by atoms with Crippen LogP contribution >= 0.6 is 11.6 Å². The van der Waals surface area contributed by atoms with Crippen molar-refractivity contribution in [3.63, 3.8) is 0 Å². The Bertz CT molecular complexity index is 856. The summed E-state index contributed by atoms with van der Waals surface area (Å²) in [5, 5.41) is 3.14. The van der Waals surface area contributed by atoms with Gasteiger partial charge in [0.15, 0.2) is 0 Å². The van der Waals surface area contributed by atoms with Gasteiger partial charge in [-0.3, -0.25) is 14.5 Å². The quantitative estimate of drug-likeness (QED) is 0.774. The van der Waals surface area contributed by atoms with Crippen LogP contribution in [0.5, 0.6) is 5.75 Å². The molecule has 2 aromatic carbocycles. The molecule has 0 spiro atoms. The highest BCUT2D eigenvalue weighted by atomic mass is 35.5. The summed E-state index contributed by atoms with van der Waals surface area (Å²) in [6.45, 7) is -0.605. The summed E-state index contributed by atoms with van der Waals surface area (Å²) in [7, 11) is 0. The molecule has 0 bridgehead atoms. The highest BCUT2D eigenvalue weighted by Gasteiger charge is 2.24. The van der Waals surface area contributed by atoms with Crippen molar-refractivity contribution in [3.8, 4) is 5.75 Å². The van der Waals surface area contributed by atoms with E-state index in [1.807, 2.05) is 4.90 Å². The lowest BCUT2D eigenvalue weighted by molar-refractivity contribution is -0.117. The maximum atomic E-state index is 12.6. The normalized spacial score (nSPS) is 14.7. The predicted molar refractivity (Wildman–Crippen MR) is 105 cm³/mol. The molecular weight excluding hydrogens is 404 g/mol. The lowest BCUT2D eigenvalue weighted by atomic mass is 10.2. The van der Waals surface area contributed by atoms with E-state index in [1.165, 1.54) is 24.3 Å². The van der Waals surface area contributed by atoms with E-state index in [0.717, 1.165) is 0 Å². The molecule has 3 rings (SSSR count). The molecule has 0 aliphatic carbocycles. The Morgan fingerprint density at radius 3 is 2.31 bits per heavy atom. The molecule has 1 fully saturated rings. The van der Waals surface area contributed by atoms with Crippen molar-refractivity contribution < 1.29 is 23.1 Å². The second kappa shape index (κ2) is 9.67. The largest absolute Gasteiger partial charge is 0.435 e. The van der Waals surface area contributed by atoms with Crippen LogP contribution in [0.25, 0.3) is 0 Å². The Morgan fingerprint density at radius 1 is 1.03 bits per heavy atom. The monoisotopic (exact) mass is 423 g/mol. The highest BCUT2D eigenvalue weighted by Crippen LogP contribution is 2.19.